The normalized spacial score (nSPS) is 11.3. The maximum Gasteiger partial charge on any atom is 0.227 e. The Bertz CT molecular complexity index is 2910. The Morgan fingerprint density at radius 2 is 0.855 bits per heavy atom. The zero-order valence-corrected chi connectivity index (χ0v) is 30.0. The first-order chi connectivity index (χ1) is 27.3. The van der Waals surface area contributed by atoms with Crippen LogP contribution in [0.1, 0.15) is 0 Å². The van der Waals surface area contributed by atoms with Gasteiger partial charge < -0.3 is 14.2 Å². The van der Waals surface area contributed by atoms with Crippen LogP contribution >= 0.6 is 0 Å². The Kier molecular flexibility index (Phi) is 8.12. The molecule has 0 amide bonds. The summed E-state index contributed by atoms with van der Waals surface area (Å²) in [5.74, 6) is 0.573. The first-order valence-electron chi connectivity index (χ1n) is 18.5. The second-order valence-corrected chi connectivity index (χ2v) is 13.6. The highest BCUT2D eigenvalue weighted by molar-refractivity contribution is 6.17. The predicted octanol–water partition coefficient (Wildman–Crippen LogP) is 14.4. The molecule has 0 saturated carbocycles. The maximum absolute atomic E-state index is 6.98. The second-order valence-electron chi connectivity index (χ2n) is 13.6. The van der Waals surface area contributed by atoms with Gasteiger partial charge in [-0.2, -0.15) is 0 Å². The molecular formula is C51H35N3O. The van der Waals surface area contributed by atoms with E-state index in [1.165, 1.54) is 21.9 Å². The van der Waals surface area contributed by atoms with Crippen LogP contribution < -0.4 is 9.80 Å². The summed E-state index contributed by atoms with van der Waals surface area (Å²) in [7, 11) is 0. The fraction of sp³-hybridized carbons (Fsp3) is 0. The summed E-state index contributed by atoms with van der Waals surface area (Å²) in [5.41, 5.74) is 10.9. The van der Waals surface area contributed by atoms with E-state index in [0.29, 0.717) is 5.89 Å². The van der Waals surface area contributed by atoms with Crippen LogP contribution in [0.3, 0.4) is 0 Å². The molecule has 260 valence electrons. The van der Waals surface area contributed by atoms with E-state index in [-0.39, 0.29) is 0 Å². The van der Waals surface area contributed by atoms with Gasteiger partial charge in [0.15, 0.2) is 5.58 Å². The molecule has 4 heteroatoms. The van der Waals surface area contributed by atoms with Crippen molar-refractivity contribution in [1.29, 1.82) is 0 Å². The van der Waals surface area contributed by atoms with Gasteiger partial charge in [-0.25, -0.2) is 4.98 Å². The molecule has 9 aromatic carbocycles. The Balaban J connectivity index is 1.24. The molecule has 0 saturated heterocycles. The summed E-state index contributed by atoms with van der Waals surface area (Å²) < 4.78 is 6.98. The lowest BCUT2D eigenvalue weighted by Crippen LogP contribution is -2.12. The topological polar surface area (TPSA) is 32.5 Å². The average molecular weight is 706 g/mol. The van der Waals surface area contributed by atoms with Gasteiger partial charge in [-0.1, -0.05) is 140 Å². The van der Waals surface area contributed by atoms with Gasteiger partial charge in [-0.15, -0.1) is 0 Å². The number of oxazole rings is 1. The van der Waals surface area contributed by atoms with Gasteiger partial charge in [0.25, 0.3) is 0 Å². The molecule has 0 atom stereocenters. The summed E-state index contributed by atoms with van der Waals surface area (Å²) in [5, 5.41) is 4.39. The molecule has 55 heavy (non-hydrogen) atoms. The Hall–Kier alpha value is -7.43. The molecule has 0 aliphatic rings. The van der Waals surface area contributed by atoms with Crippen molar-refractivity contribution in [2.24, 2.45) is 0 Å². The average Bonchev–Trinajstić information content (AvgIpc) is 3.72. The fourth-order valence-electron chi connectivity index (χ4n) is 7.62. The molecule has 10 aromatic rings. The van der Waals surface area contributed by atoms with Crippen LogP contribution in [0.2, 0.25) is 0 Å². The van der Waals surface area contributed by atoms with Gasteiger partial charge >= 0.3 is 0 Å². The van der Waals surface area contributed by atoms with Crippen LogP contribution in [-0.2, 0) is 0 Å². The van der Waals surface area contributed by atoms with E-state index in [1.807, 2.05) is 18.2 Å². The molecule has 4 nitrogen and oxygen atoms in total. The molecule has 0 bridgehead atoms. The number of anilines is 6. The third-order valence-electron chi connectivity index (χ3n) is 10.2. The quantitative estimate of drug-likeness (QED) is 0.158. The zero-order valence-electron chi connectivity index (χ0n) is 30.0. The van der Waals surface area contributed by atoms with Crippen molar-refractivity contribution in [3.8, 4) is 22.6 Å². The largest absolute Gasteiger partial charge is 0.435 e. The Morgan fingerprint density at radius 3 is 1.53 bits per heavy atom. The highest BCUT2D eigenvalue weighted by atomic mass is 16.3. The summed E-state index contributed by atoms with van der Waals surface area (Å²) in [6.07, 6.45) is 0. The first-order valence-corrected chi connectivity index (χ1v) is 18.5. The number of benzene rings is 9. The van der Waals surface area contributed by atoms with Crippen LogP contribution in [0.25, 0.3) is 55.2 Å². The molecule has 1 heterocycles. The van der Waals surface area contributed by atoms with Gasteiger partial charge in [0.2, 0.25) is 5.89 Å². The second kappa shape index (κ2) is 13.8. The summed E-state index contributed by atoms with van der Waals surface area (Å²) in [6, 6.07) is 74.4. The van der Waals surface area contributed by atoms with E-state index in [4.69, 9.17) is 9.40 Å². The highest BCUT2D eigenvalue weighted by Gasteiger charge is 2.25. The van der Waals surface area contributed by atoms with Crippen molar-refractivity contribution >= 4 is 66.8 Å². The van der Waals surface area contributed by atoms with E-state index < -0.39 is 0 Å². The van der Waals surface area contributed by atoms with Crippen molar-refractivity contribution in [3.63, 3.8) is 0 Å². The third-order valence-corrected chi connectivity index (χ3v) is 10.2. The lowest BCUT2D eigenvalue weighted by Gasteiger charge is -2.28. The monoisotopic (exact) mass is 705 g/mol. The molecule has 0 N–H and O–H groups in total. The van der Waals surface area contributed by atoms with Crippen molar-refractivity contribution in [1.82, 2.24) is 4.98 Å². The highest BCUT2D eigenvalue weighted by Crippen LogP contribution is 2.48. The molecular weight excluding hydrogens is 671 g/mol. The van der Waals surface area contributed by atoms with Crippen LogP contribution in [0.15, 0.2) is 217 Å². The number of nitrogens with zero attached hydrogens (tertiary/aromatic N) is 3. The van der Waals surface area contributed by atoms with Crippen molar-refractivity contribution < 1.29 is 4.42 Å². The van der Waals surface area contributed by atoms with Crippen LogP contribution in [0.5, 0.6) is 0 Å². The minimum absolute atomic E-state index is 0.573. The SMILES string of the molecule is c1ccc(-c2ccc(N(c3ccccc3)c3cccc4cc(N(c5ccccc5)c5ccc6ccccc6c5)c5nc(-c6ccccc6)oc5c34)cc2)cc1. The van der Waals surface area contributed by atoms with E-state index in [0.717, 1.165) is 61.6 Å². The number of rotatable bonds is 8. The molecule has 0 aliphatic carbocycles. The maximum atomic E-state index is 6.98. The van der Waals surface area contributed by atoms with Gasteiger partial charge in [0.1, 0.15) is 5.52 Å². The smallest absolute Gasteiger partial charge is 0.227 e. The van der Waals surface area contributed by atoms with Crippen LogP contribution in [0.4, 0.5) is 34.1 Å². The summed E-state index contributed by atoms with van der Waals surface area (Å²) in [4.78, 5) is 9.95. The molecule has 0 spiro atoms. The van der Waals surface area contributed by atoms with Crippen LogP contribution in [-0.4, -0.2) is 4.98 Å². The third kappa shape index (κ3) is 5.96. The van der Waals surface area contributed by atoms with E-state index in [1.54, 1.807) is 0 Å². The van der Waals surface area contributed by atoms with Gasteiger partial charge in [-0.3, -0.25) is 0 Å². The van der Waals surface area contributed by atoms with Crippen molar-refractivity contribution in [2.75, 3.05) is 9.80 Å². The van der Waals surface area contributed by atoms with Crippen LogP contribution in [0, 0.1) is 0 Å². The Morgan fingerprint density at radius 1 is 0.345 bits per heavy atom. The van der Waals surface area contributed by atoms with Gasteiger partial charge in [0, 0.05) is 28.3 Å². The molecule has 1 aromatic heterocycles. The van der Waals surface area contributed by atoms with E-state index in [2.05, 4.69) is 204 Å². The molecule has 0 fully saturated rings. The summed E-state index contributed by atoms with van der Waals surface area (Å²) >= 11 is 0. The van der Waals surface area contributed by atoms with E-state index in [9.17, 15) is 0 Å². The Labute approximate surface area is 319 Å². The first kappa shape index (κ1) is 32.2. The summed E-state index contributed by atoms with van der Waals surface area (Å²) in [6.45, 7) is 0. The standard InChI is InChI=1S/C51H35N3O/c1-5-16-36(17-6-1)38-28-31-44(32-29-38)53(42-23-9-3-10-24-42)46-27-15-22-41-35-47(49-50(48(41)46)55-51(52-49)39-19-7-2-8-20-39)54(43-25-11-4-12-26-43)45-33-30-37-18-13-14-21-40(37)34-45/h1-35H. The number of para-hydroxylation sites is 2. The molecule has 0 radical (unpaired) electrons. The predicted molar refractivity (Wildman–Crippen MR) is 229 cm³/mol. The number of hydrogen-bond acceptors (Lipinski definition) is 4. The minimum Gasteiger partial charge on any atom is -0.435 e. The number of fused-ring (bicyclic) bond motifs is 4. The fourth-order valence-corrected chi connectivity index (χ4v) is 7.62. The number of hydrogen-bond donors (Lipinski definition) is 0. The number of aromatic nitrogens is 1. The van der Waals surface area contributed by atoms with Gasteiger partial charge in [0.05, 0.1) is 16.8 Å². The van der Waals surface area contributed by atoms with Crippen molar-refractivity contribution in [2.45, 2.75) is 0 Å². The molecule has 0 unspecified atom stereocenters. The molecule has 10 rings (SSSR count). The lowest BCUT2D eigenvalue weighted by molar-refractivity contribution is 0.623. The lowest BCUT2D eigenvalue weighted by atomic mass is 10.0. The van der Waals surface area contributed by atoms with Gasteiger partial charge in [-0.05, 0) is 100 Å². The molecule has 0 aliphatic heterocycles. The van der Waals surface area contributed by atoms with E-state index >= 15 is 0 Å². The zero-order chi connectivity index (χ0) is 36.6. The van der Waals surface area contributed by atoms with Crippen molar-refractivity contribution in [3.05, 3.63) is 212 Å². The minimum atomic E-state index is 0.573.